The smallest absolute Gasteiger partial charge is 0.319 e. The van der Waals surface area contributed by atoms with Gasteiger partial charge in [-0.15, -0.1) is 71.3 Å². The molecule has 13 aromatic rings. The van der Waals surface area contributed by atoms with Gasteiger partial charge in [0.15, 0.2) is 0 Å². The molecule has 3 amide bonds. The molecule has 91 heavy (non-hydrogen) atoms. The van der Waals surface area contributed by atoms with Gasteiger partial charge in [-0.2, -0.15) is 0 Å². The number of hydrogen-bond donors (Lipinski definition) is 0. The molecule has 0 atom stereocenters. The predicted molar refractivity (Wildman–Crippen MR) is 363 cm³/mol. The molecule has 9 nitrogen and oxygen atoms in total. The number of amides is 3. The normalized spacial score (nSPS) is 10.8. The number of benzene rings is 10. The molecule has 0 bridgehead atoms. The van der Waals surface area contributed by atoms with Crippen molar-refractivity contribution in [3.8, 4) is 101 Å². The Hall–Kier alpha value is -11.3. The maximum absolute atomic E-state index is 15.7. The van der Waals surface area contributed by atoms with E-state index in [1.165, 1.54) is 0 Å². The monoisotopic (exact) mass is 1350 g/mol. The first-order chi connectivity index (χ1) is 44.1. The fourth-order valence-electron chi connectivity index (χ4n) is 11.3. The molecule has 10 aromatic carbocycles. The van der Waals surface area contributed by atoms with E-state index in [0.29, 0.717) is 84.2 Å². The fraction of sp³-hybridized carbons (Fsp3) is 0.0370. The zero-order valence-corrected chi connectivity index (χ0v) is 52.3. The van der Waals surface area contributed by atoms with Crippen molar-refractivity contribution >= 4 is 34.8 Å². The summed E-state index contributed by atoms with van der Waals surface area (Å²) in [7, 11) is 5.12. The van der Waals surface area contributed by atoms with Crippen LogP contribution in [0.3, 0.4) is 0 Å². The fourth-order valence-corrected chi connectivity index (χ4v) is 11.3. The zero-order valence-electron chi connectivity index (χ0n) is 50.0. The molecular weight excluding hydrogens is 1300 g/mol. The molecule has 3 aromatic heterocycles. The average Bonchev–Trinajstić information content (AvgIpc) is 1.01. The van der Waals surface area contributed by atoms with Crippen LogP contribution in [-0.4, -0.2) is 53.8 Å². The van der Waals surface area contributed by atoms with Crippen molar-refractivity contribution in [2.75, 3.05) is 35.8 Å². The third kappa shape index (κ3) is 12.9. The summed E-state index contributed by atoms with van der Waals surface area (Å²) in [6.07, 6.45) is 5.21. The van der Waals surface area contributed by atoms with Crippen LogP contribution in [0.15, 0.2) is 292 Å². The molecule has 0 aliphatic rings. The van der Waals surface area contributed by atoms with E-state index >= 15 is 14.4 Å². The Labute approximate surface area is 543 Å². The first kappa shape index (κ1) is 60.0. The second-order valence-electron chi connectivity index (χ2n) is 21.8. The van der Waals surface area contributed by atoms with Gasteiger partial charge in [-0.25, -0.2) is 0 Å². The Balaban J connectivity index is 0.00000800. The largest absolute Gasteiger partial charge is 3.00 e. The Bertz CT molecular complexity index is 4270. The summed E-state index contributed by atoms with van der Waals surface area (Å²) in [5.74, 6) is -1.07. The topological polar surface area (TPSA) is 99.6 Å². The third-order valence-corrected chi connectivity index (χ3v) is 16.2. The number of hydrogen-bond acceptors (Lipinski definition) is 6. The van der Waals surface area contributed by atoms with E-state index < -0.39 is 0 Å². The molecule has 0 spiro atoms. The van der Waals surface area contributed by atoms with E-state index in [1.54, 1.807) is 90.8 Å². The van der Waals surface area contributed by atoms with Gasteiger partial charge in [0, 0.05) is 56.8 Å². The Morgan fingerprint density at radius 1 is 0.286 bits per heavy atom. The maximum atomic E-state index is 15.7. The molecule has 0 aliphatic carbocycles. The molecule has 0 radical (unpaired) electrons. The van der Waals surface area contributed by atoms with E-state index in [-0.39, 0.29) is 37.8 Å². The number of carbonyl (C=O) groups excluding carboxylic acids is 3. The van der Waals surface area contributed by atoms with E-state index in [9.17, 15) is 0 Å². The SMILES string of the molecule is CN(C(=O)c1c[c-]c(-c2ccccn2)cc1-c1cccc(-c2ccccc2)c1)c1cc(N(C)C(=O)c2c[c-]c(-c3ccccn3)cc2-c2cccc(-c3ccccc3)c2)cc(N(C)C(=O)c2c[c-]c(-c3ccccn3)cc2-c2cccc(-c3ccccc3)c2)c1.[Ir+3]. The van der Waals surface area contributed by atoms with E-state index in [2.05, 4.69) is 106 Å². The molecule has 3 heterocycles. The van der Waals surface area contributed by atoms with Crippen LogP contribution in [0.2, 0.25) is 0 Å². The van der Waals surface area contributed by atoms with Gasteiger partial charge >= 0.3 is 20.1 Å². The Morgan fingerprint density at radius 3 is 0.802 bits per heavy atom. The van der Waals surface area contributed by atoms with Crippen molar-refractivity contribution in [2.45, 2.75) is 0 Å². The van der Waals surface area contributed by atoms with Crippen LogP contribution in [0.25, 0.3) is 101 Å². The molecule has 0 saturated carbocycles. The van der Waals surface area contributed by atoms with Gasteiger partial charge in [0.1, 0.15) is 0 Å². The van der Waals surface area contributed by atoms with Gasteiger partial charge in [-0.3, -0.25) is 14.4 Å². The first-order valence-corrected chi connectivity index (χ1v) is 29.5. The van der Waals surface area contributed by atoms with Crippen LogP contribution in [0.1, 0.15) is 31.1 Å². The van der Waals surface area contributed by atoms with Crippen LogP contribution < -0.4 is 14.7 Å². The first-order valence-electron chi connectivity index (χ1n) is 29.5. The van der Waals surface area contributed by atoms with Crippen molar-refractivity contribution < 1.29 is 34.5 Å². The standard InChI is InChI=1S/C81H57N6O3.Ir/c1-85(79(88)70-40-37-64(76-34-13-16-43-82-76)49-73(70)61-31-19-28-58(46-61)55-22-7-4-8-23-55)67-52-68(86(2)80(89)71-41-38-65(77-35-14-17-44-83-77)50-74(71)62-32-20-29-59(47-62)56-24-9-5-10-25-56)54-69(53-67)87(3)81(90)72-42-39-66(78-36-15-18-45-84-78)51-75(72)63-33-21-30-60(48-63)57-26-11-6-12-27-57;/h4-36,40-54H,1-3H3;/q-3;+3. The molecule has 10 heteroatoms. The van der Waals surface area contributed by atoms with Gasteiger partial charge in [-0.05, 0) is 138 Å². The summed E-state index contributed by atoms with van der Waals surface area (Å²) in [6, 6.07) is 98.5. The number of nitrogens with zero attached hydrogens (tertiary/aromatic N) is 6. The van der Waals surface area contributed by atoms with Crippen LogP contribution in [-0.2, 0) is 20.1 Å². The molecule has 0 unspecified atom stereocenters. The van der Waals surface area contributed by atoms with E-state index in [0.717, 1.165) is 50.1 Å². The molecule has 0 N–H and O–H groups in total. The van der Waals surface area contributed by atoms with Crippen molar-refractivity contribution in [2.24, 2.45) is 0 Å². The third-order valence-electron chi connectivity index (χ3n) is 16.2. The second-order valence-corrected chi connectivity index (χ2v) is 21.8. The van der Waals surface area contributed by atoms with Gasteiger partial charge in [-0.1, -0.05) is 199 Å². The van der Waals surface area contributed by atoms with Crippen molar-refractivity contribution in [1.82, 2.24) is 15.0 Å². The Kier molecular flexibility index (Phi) is 17.8. The molecule has 0 fully saturated rings. The zero-order chi connectivity index (χ0) is 61.5. The number of anilines is 3. The molecule has 0 aliphatic heterocycles. The Morgan fingerprint density at radius 2 is 0.538 bits per heavy atom. The molecular formula is C81H57IrN6O3. The summed E-state index contributed by atoms with van der Waals surface area (Å²) in [4.78, 5) is 65.7. The van der Waals surface area contributed by atoms with Gasteiger partial charge in [0.05, 0.1) is 0 Å². The minimum Gasteiger partial charge on any atom is -0.319 e. The average molecular weight is 1350 g/mol. The maximum Gasteiger partial charge on any atom is 3.00 e. The van der Waals surface area contributed by atoms with Crippen molar-refractivity contribution in [3.05, 3.63) is 326 Å². The summed E-state index contributed by atoms with van der Waals surface area (Å²) >= 11 is 0. The van der Waals surface area contributed by atoms with Crippen molar-refractivity contribution in [3.63, 3.8) is 0 Å². The van der Waals surface area contributed by atoms with Crippen LogP contribution >= 0.6 is 0 Å². The number of rotatable bonds is 15. The molecule has 438 valence electrons. The van der Waals surface area contributed by atoms with Gasteiger partial charge < -0.3 is 29.7 Å². The molecule has 0 saturated heterocycles. The second kappa shape index (κ2) is 27.0. The van der Waals surface area contributed by atoms with Crippen LogP contribution in [0, 0.1) is 18.2 Å². The summed E-state index contributed by atoms with van der Waals surface area (Å²) < 4.78 is 0. The van der Waals surface area contributed by atoms with Crippen LogP contribution in [0.5, 0.6) is 0 Å². The minimum atomic E-state index is -0.356. The summed E-state index contributed by atoms with van der Waals surface area (Å²) in [5, 5.41) is 0. The number of pyridine rings is 3. The number of carbonyl (C=O) groups is 3. The summed E-state index contributed by atoms with van der Waals surface area (Å²) in [6.45, 7) is 0. The minimum absolute atomic E-state index is 0. The quantitative estimate of drug-likeness (QED) is 0.0948. The predicted octanol–water partition coefficient (Wildman–Crippen LogP) is 18.1. The van der Waals surface area contributed by atoms with Crippen LogP contribution in [0.4, 0.5) is 17.1 Å². The van der Waals surface area contributed by atoms with E-state index in [1.807, 2.05) is 164 Å². The van der Waals surface area contributed by atoms with Gasteiger partial charge in [0.25, 0.3) is 0 Å². The van der Waals surface area contributed by atoms with Gasteiger partial charge in [0.2, 0.25) is 17.7 Å². The van der Waals surface area contributed by atoms with E-state index in [4.69, 9.17) is 0 Å². The number of aromatic nitrogens is 3. The van der Waals surface area contributed by atoms with Crippen molar-refractivity contribution in [1.29, 1.82) is 0 Å². The molecule has 13 rings (SSSR count). The summed E-state index contributed by atoms with van der Waals surface area (Å²) in [5.41, 5.74) is 17.1.